The summed E-state index contributed by atoms with van der Waals surface area (Å²) in [6.07, 6.45) is 0.671. The first kappa shape index (κ1) is 29.8. The van der Waals surface area contributed by atoms with Crippen LogP contribution in [0.5, 0.6) is 5.75 Å². The van der Waals surface area contributed by atoms with Gasteiger partial charge in [0.25, 0.3) is 17.4 Å². The number of aliphatic hydroxyl groups is 1. The number of likely N-dealkylation sites (tertiary alicyclic amines) is 1. The van der Waals surface area contributed by atoms with E-state index in [-0.39, 0.29) is 24.7 Å². The van der Waals surface area contributed by atoms with Gasteiger partial charge in [0, 0.05) is 25.7 Å². The van der Waals surface area contributed by atoms with Crippen molar-refractivity contribution in [3.8, 4) is 5.75 Å². The molecule has 0 spiro atoms. The normalized spacial score (nSPS) is 16.1. The number of aryl methyl sites for hydroxylation is 1. The van der Waals surface area contributed by atoms with Crippen molar-refractivity contribution in [1.82, 2.24) is 10.2 Å². The quantitative estimate of drug-likeness (QED) is 0.380. The van der Waals surface area contributed by atoms with Crippen LogP contribution in [0.2, 0.25) is 5.02 Å². The molecule has 6 nitrogen and oxygen atoms in total. The number of piperidine rings is 1. The third-order valence-electron chi connectivity index (χ3n) is 7.19. The molecule has 3 rings (SSSR count). The number of ether oxygens (including phenoxy) is 1. The first-order valence-electron chi connectivity index (χ1n) is 12.7. The molecule has 2 aromatic carbocycles. The highest BCUT2D eigenvalue weighted by molar-refractivity contribution is 6.33. The highest BCUT2D eigenvalue weighted by atomic mass is 35.5. The van der Waals surface area contributed by atoms with Crippen LogP contribution < -0.4 is 10.1 Å². The lowest BCUT2D eigenvalue weighted by Gasteiger charge is -2.38. The van der Waals surface area contributed by atoms with Gasteiger partial charge in [-0.2, -0.15) is 13.2 Å². The second-order valence-corrected chi connectivity index (χ2v) is 10.1. The molecular weight excluding hydrogens is 521 g/mol. The third-order valence-corrected chi connectivity index (χ3v) is 7.50. The van der Waals surface area contributed by atoms with Crippen molar-refractivity contribution < 1.29 is 32.6 Å². The van der Waals surface area contributed by atoms with Crippen LogP contribution in [0, 0.1) is 5.92 Å². The molecule has 2 aromatic rings. The van der Waals surface area contributed by atoms with E-state index in [9.17, 15) is 27.9 Å². The Kier molecular flexibility index (Phi) is 10.1. The van der Waals surface area contributed by atoms with Crippen molar-refractivity contribution >= 4 is 23.4 Å². The predicted molar refractivity (Wildman–Crippen MR) is 139 cm³/mol. The molecule has 0 saturated carbocycles. The van der Waals surface area contributed by atoms with E-state index in [0.29, 0.717) is 29.3 Å². The number of nitrogens with zero attached hydrogens (tertiary/aromatic N) is 1. The summed E-state index contributed by atoms with van der Waals surface area (Å²) in [7, 11) is 2.86. The number of methoxy groups -OCH3 is 1. The van der Waals surface area contributed by atoms with Gasteiger partial charge in [-0.25, -0.2) is 0 Å². The standard InChI is InChI=1S/C28H34ClF3N2O4/c1-33-25(35)23-12-11-20(17-24(23)29)8-5-3-4-7-19-13-15-34(16-14-19)26(36)27(37,28(30,31)32)21-9-6-10-22(18-21)38-2/h6,9-12,17-19,37H,3-5,7-8,13-16H2,1-2H3,(H,33,35). The van der Waals surface area contributed by atoms with Gasteiger partial charge in [-0.1, -0.05) is 49.1 Å². The Labute approximate surface area is 226 Å². The van der Waals surface area contributed by atoms with Crippen molar-refractivity contribution in [1.29, 1.82) is 0 Å². The molecule has 1 atom stereocenters. The Balaban J connectivity index is 1.48. The van der Waals surface area contributed by atoms with E-state index in [1.54, 1.807) is 13.1 Å². The molecule has 0 aliphatic carbocycles. The zero-order valence-corrected chi connectivity index (χ0v) is 22.4. The maximum absolute atomic E-state index is 14.0. The van der Waals surface area contributed by atoms with E-state index in [2.05, 4.69) is 5.32 Å². The summed E-state index contributed by atoms with van der Waals surface area (Å²) >= 11 is 6.21. The van der Waals surface area contributed by atoms with E-state index in [1.807, 2.05) is 12.1 Å². The number of carbonyl (C=O) groups is 2. The Morgan fingerprint density at radius 1 is 1.11 bits per heavy atom. The minimum Gasteiger partial charge on any atom is -0.497 e. The summed E-state index contributed by atoms with van der Waals surface area (Å²) in [5.41, 5.74) is -2.68. The van der Waals surface area contributed by atoms with Crippen LogP contribution in [0.4, 0.5) is 13.2 Å². The molecule has 1 saturated heterocycles. The number of hydrogen-bond donors (Lipinski definition) is 2. The molecule has 38 heavy (non-hydrogen) atoms. The zero-order chi connectivity index (χ0) is 27.9. The van der Waals surface area contributed by atoms with Crippen molar-refractivity contribution in [3.63, 3.8) is 0 Å². The lowest BCUT2D eigenvalue weighted by molar-refractivity contribution is -0.262. The topological polar surface area (TPSA) is 78.9 Å². The van der Waals surface area contributed by atoms with E-state index in [0.717, 1.165) is 54.7 Å². The summed E-state index contributed by atoms with van der Waals surface area (Å²) in [5, 5.41) is 13.7. The molecule has 0 aromatic heterocycles. The number of rotatable bonds is 10. The van der Waals surface area contributed by atoms with Crippen molar-refractivity contribution in [2.45, 2.75) is 56.7 Å². The van der Waals surface area contributed by atoms with Crippen molar-refractivity contribution in [2.75, 3.05) is 27.2 Å². The Bertz CT molecular complexity index is 1120. The number of alkyl halides is 3. The molecule has 1 aliphatic heterocycles. The molecule has 10 heteroatoms. The fourth-order valence-corrected chi connectivity index (χ4v) is 5.17. The second kappa shape index (κ2) is 12.8. The number of benzene rings is 2. The number of hydrogen-bond acceptors (Lipinski definition) is 4. The van der Waals surface area contributed by atoms with E-state index in [1.165, 1.54) is 19.2 Å². The molecule has 1 fully saturated rings. The summed E-state index contributed by atoms with van der Waals surface area (Å²) < 4.78 is 47.0. The van der Waals surface area contributed by atoms with E-state index >= 15 is 0 Å². The number of unbranched alkanes of at least 4 members (excludes halogenated alkanes) is 2. The maximum atomic E-state index is 14.0. The van der Waals surface area contributed by atoms with Crippen molar-refractivity contribution in [3.05, 3.63) is 64.2 Å². The van der Waals surface area contributed by atoms with Gasteiger partial charge < -0.3 is 20.1 Å². The Morgan fingerprint density at radius 2 is 1.82 bits per heavy atom. The van der Waals surface area contributed by atoms with Crippen LogP contribution in [0.15, 0.2) is 42.5 Å². The smallest absolute Gasteiger partial charge is 0.430 e. The van der Waals surface area contributed by atoms with Gasteiger partial charge >= 0.3 is 6.18 Å². The average molecular weight is 555 g/mol. The molecule has 2 N–H and O–H groups in total. The van der Waals surface area contributed by atoms with Crippen LogP contribution in [0.25, 0.3) is 0 Å². The molecule has 208 valence electrons. The summed E-state index contributed by atoms with van der Waals surface area (Å²) in [6.45, 7) is 0.337. The number of carbonyl (C=O) groups excluding carboxylic acids is 2. The van der Waals surface area contributed by atoms with Gasteiger partial charge in [-0.05, 0) is 61.4 Å². The largest absolute Gasteiger partial charge is 0.497 e. The maximum Gasteiger partial charge on any atom is 0.430 e. The minimum absolute atomic E-state index is 0.126. The highest BCUT2D eigenvalue weighted by Gasteiger charge is 2.62. The predicted octanol–water partition coefficient (Wildman–Crippen LogP) is 5.50. The number of nitrogens with one attached hydrogen (secondary N) is 1. The monoisotopic (exact) mass is 554 g/mol. The number of amides is 2. The van der Waals surface area contributed by atoms with Gasteiger partial charge in [0.15, 0.2) is 0 Å². The molecule has 1 heterocycles. The molecule has 2 amide bonds. The average Bonchev–Trinajstić information content (AvgIpc) is 2.91. The Morgan fingerprint density at radius 3 is 2.42 bits per heavy atom. The summed E-state index contributed by atoms with van der Waals surface area (Å²) in [6, 6.07) is 10.3. The van der Waals surface area contributed by atoms with E-state index < -0.39 is 23.2 Å². The Hall–Kier alpha value is -2.78. The zero-order valence-electron chi connectivity index (χ0n) is 21.6. The lowest BCUT2D eigenvalue weighted by atomic mass is 9.87. The lowest BCUT2D eigenvalue weighted by Crippen LogP contribution is -2.57. The molecule has 1 unspecified atom stereocenters. The fraction of sp³-hybridized carbons (Fsp3) is 0.500. The molecule has 1 aliphatic rings. The molecule has 0 bridgehead atoms. The van der Waals surface area contributed by atoms with Crippen LogP contribution in [0.3, 0.4) is 0 Å². The summed E-state index contributed by atoms with van der Waals surface area (Å²) in [5.74, 6) is -1.13. The van der Waals surface area contributed by atoms with Gasteiger partial charge in [-0.15, -0.1) is 0 Å². The first-order valence-corrected chi connectivity index (χ1v) is 13.1. The van der Waals surface area contributed by atoms with Crippen molar-refractivity contribution in [2.24, 2.45) is 5.92 Å². The van der Waals surface area contributed by atoms with Gasteiger partial charge in [-0.3, -0.25) is 9.59 Å². The van der Waals surface area contributed by atoms with Crippen LogP contribution in [-0.2, 0) is 16.8 Å². The van der Waals surface area contributed by atoms with E-state index in [4.69, 9.17) is 16.3 Å². The second-order valence-electron chi connectivity index (χ2n) is 9.67. The fourth-order valence-electron chi connectivity index (χ4n) is 4.88. The molecular formula is C28H34ClF3N2O4. The van der Waals surface area contributed by atoms with Gasteiger partial charge in [0.2, 0.25) is 0 Å². The van der Waals surface area contributed by atoms with Crippen LogP contribution in [0.1, 0.15) is 60.0 Å². The highest BCUT2D eigenvalue weighted by Crippen LogP contribution is 2.42. The third kappa shape index (κ3) is 6.80. The van der Waals surface area contributed by atoms with Crippen LogP contribution >= 0.6 is 11.6 Å². The number of halogens is 4. The summed E-state index contributed by atoms with van der Waals surface area (Å²) in [4.78, 5) is 25.9. The van der Waals surface area contributed by atoms with Gasteiger partial charge in [0.1, 0.15) is 5.75 Å². The van der Waals surface area contributed by atoms with Gasteiger partial charge in [0.05, 0.1) is 17.7 Å². The first-order chi connectivity index (χ1) is 18.0. The SMILES string of the molecule is CNC(=O)c1ccc(CCCCCC2CCN(C(=O)C(O)(c3cccc(OC)c3)C(F)(F)F)CC2)cc1Cl. The van der Waals surface area contributed by atoms with Crippen LogP contribution in [-0.4, -0.2) is 55.2 Å². The minimum atomic E-state index is -5.18. The molecule has 0 radical (unpaired) electrons.